The number of furan rings is 1. The number of aryl methyl sites for hydroxylation is 1. The molecule has 3 aromatic rings. The molecule has 0 aliphatic carbocycles. The Kier molecular flexibility index (Phi) is 4.95. The zero-order valence-corrected chi connectivity index (χ0v) is 15.5. The summed E-state index contributed by atoms with van der Waals surface area (Å²) < 4.78 is 16.8. The summed E-state index contributed by atoms with van der Waals surface area (Å²) in [5, 5.41) is 9.41. The van der Waals surface area contributed by atoms with Crippen LogP contribution in [0.25, 0.3) is 28.3 Å². The van der Waals surface area contributed by atoms with E-state index in [-0.39, 0.29) is 5.78 Å². The molecule has 0 bridgehead atoms. The van der Waals surface area contributed by atoms with Gasteiger partial charge in [0.15, 0.2) is 17.3 Å². The molecule has 0 unspecified atom stereocenters. The number of rotatable bonds is 5. The van der Waals surface area contributed by atoms with Crippen molar-refractivity contribution in [3.8, 4) is 22.8 Å². The molecule has 134 valence electrons. The minimum Gasteiger partial charge on any atom is -0.493 e. The van der Waals surface area contributed by atoms with E-state index in [1.807, 2.05) is 19.1 Å². The number of halogens is 1. The first kappa shape index (κ1) is 17.9. The zero-order valence-electron chi connectivity index (χ0n) is 14.8. The summed E-state index contributed by atoms with van der Waals surface area (Å²) in [6.07, 6.45) is 3.01. The number of ether oxygens (including phenoxy) is 2. The molecule has 0 fully saturated rings. The zero-order chi connectivity index (χ0) is 18.8. The van der Waals surface area contributed by atoms with Crippen molar-refractivity contribution in [2.75, 3.05) is 14.2 Å². The first-order chi connectivity index (χ1) is 12.5. The third kappa shape index (κ3) is 3.15. The Labute approximate surface area is 155 Å². The third-order valence-corrected chi connectivity index (χ3v) is 4.11. The molecule has 0 spiro atoms. The molecule has 0 amide bonds. The normalized spacial score (nSPS) is 11.3. The van der Waals surface area contributed by atoms with Crippen LogP contribution in [0.15, 0.2) is 28.7 Å². The number of nitrogens with zero attached hydrogens (tertiary/aromatic N) is 2. The molecule has 0 N–H and O–H groups in total. The van der Waals surface area contributed by atoms with Crippen molar-refractivity contribution in [3.05, 3.63) is 40.8 Å². The molecule has 26 heavy (non-hydrogen) atoms. The van der Waals surface area contributed by atoms with E-state index in [2.05, 4.69) is 10.2 Å². The molecule has 2 aromatic heterocycles. The molecule has 2 heterocycles. The summed E-state index contributed by atoms with van der Waals surface area (Å²) in [4.78, 5) is 11.4. The largest absolute Gasteiger partial charge is 0.493 e. The standard InChI is InChI=1S/C19H17ClN2O4/c1-10(23)5-7-13-16(14-8-6-11(2)26-14)17-18(22-21-13)12(20)9-15(24-3)19(17)25-4/h5-9H,1-4H3/b7-5+. The van der Waals surface area contributed by atoms with Crippen LogP contribution in [0, 0.1) is 6.92 Å². The van der Waals surface area contributed by atoms with E-state index in [0.29, 0.717) is 44.4 Å². The van der Waals surface area contributed by atoms with Crippen molar-refractivity contribution >= 4 is 34.4 Å². The predicted octanol–water partition coefficient (Wildman–Crippen LogP) is 4.47. The fraction of sp³-hybridized carbons (Fsp3) is 0.211. The van der Waals surface area contributed by atoms with Gasteiger partial charge in [-0.3, -0.25) is 4.79 Å². The third-order valence-electron chi connectivity index (χ3n) is 3.82. The first-order valence-electron chi connectivity index (χ1n) is 7.82. The van der Waals surface area contributed by atoms with Crippen molar-refractivity contribution in [1.29, 1.82) is 0 Å². The van der Waals surface area contributed by atoms with Gasteiger partial charge in [0.2, 0.25) is 0 Å². The Morgan fingerprint density at radius 1 is 1.23 bits per heavy atom. The summed E-state index contributed by atoms with van der Waals surface area (Å²) in [6, 6.07) is 5.29. The van der Waals surface area contributed by atoms with Gasteiger partial charge in [-0.25, -0.2) is 0 Å². The van der Waals surface area contributed by atoms with Gasteiger partial charge in [-0.15, -0.1) is 10.2 Å². The molecule has 7 heteroatoms. The Hall–Kier alpha value is -2.86. The van der Waals surface area contributed by atoms with Crippen LogP contribution in [0.5, 0.6) is 11.5 Å². The van der Waals surface area contributed by atoms with Gasteiger partial charge in [-0.1, -0.05) is 11.6 Å². The van der Waals surface area contributed by atoms with Gasteiger partial charge in [-0.05, 0) is 38.1 Å². The van der Waals surface area contributed by atoms with E-state index in [1.54, 1.807) is 12.1 Å². The average molecular weight is 373 g/mol. The lowest BCUT2D eigenvalue weighted by Gasteiger charge is -2.15. The highest BCUT2D eigenvalue weighted by molar-refractivity contribution is 6.36. The molecular weight excluding hydrogens is 356 g/mol. The quantitative estimate of drug-likeness (QED) is 0.615. The van der Waals surface area contributed by atoms with Gasteiger partial charge in [-0.2, -0.15) is 0 Å². The van der Waals surface area contributed by atoms with Crippen molar-refractivity contribution in [3.63, 3.8) is 0 Å². The second kappa shape index (κ2) is 7.17. The molecule has 0 radical (unpaired) electrons. The monoisotopic (exact) mass is 372 g/mol. The highest BCUT2D eigenvalue weighted by Crippen LogP contribution is 2.44. The number of carbonyl (C=O) groups is 1. The van der Waals surface area contributed by atoms with Gasteiger partial charge in [0.1, 0.15) is 17.0 Å². The Morgan fingerprint density at radius 3 is 2.58 bits per heavy atom. The van der Waals surface area contributed by atoms with E-state index in [4.69, 9.17) is 25.5 Å². The SMILES string of the molecule is COc1cc(Cl)c2nnc(/C=C/C(C)=O)c(-c3ccc(C)o3)c2c1OC. The Morgan fingerprint density at radius 2 is 2.00 bits per heavy atom. The molecule has 3 rings (SSSR count). The minimum atomic E-state index is -0.107. The minimum absolute atomic E-state index is 0.107. The van der Waals surface area contributed by atoms with Gasteiger partial charge < -0.3 is 13.9 Å². The number of carbonyl (C=O) groups excluding carboxylic acids is 1. The summed E-state index contributed by atoms with van der Waals surface area (Å²) in [5.41, 5.74) is 1.54. The van der Waals surface area contributed by atoms with Crippen molar-refractivity contribution in [2.24, 2.45) is 0 Å². The highest BCUT2D eigenvalue weighted by atomic mass is 35.5. The van der Waals surface area contributed by atoms with Crippen LogP contribution in [0.3, 0.4) is 0 Å². The number of ketones is 1. The summed E-state index contributed by atoms with van der Waals surface area (Å²) in [7, 11) is 3.07. The fourth-order valence-electron chi connectivity index (χ4n) is 2.70. The first-order valence-corrected chi connectivity index (χ1v) is 8.20. The fourth-order valence-corrected chi connectivity index (χ4v) is 2.93. The van der Waals surface area contributed by atoms with Crippen LogP contribution in [0.4, 0.5) is 0 Å². The predicted molar refractivity (Wildman–Crippen MR) is 99.8 cm³/mol. The topological polar surface area (TPSA) is 74.5 Å². The van der Waals surface area contributed by atoms with Gasteiger partial charge in [0.05, 0.1) is 35.9 Å². The maximum atomic E-state index is 11.4. The highest BCUT2D eigenvalue weighted by Gasteiger charge is 2.23. The van der Waals surface area contributed by atoms with Crippen LogP contribution in [-0.4, -0.2) is 30.2 Å². The van der Waals surface area contributed by atoms with Crippen molar-refractivity contribution in [2.45, 2.75) is 13.8 Å². The van der Waals surface area contributed by atoms with Crippen molar-refractivity contribution < 1.29 is 18.7 Å². The maximum absolute atomic E-state index is 11.4. The van der Waals surface area contributed by atoms with Gasteiger partial charge in [0, 0.05) is 6.07 Å². The van der Waals surface area contributed by atoms with Gasteiger partial charge >= 0.3 is 0 Å². The Bertz CT molecular complexity index is 1020. The lowest BCUT2D eigenvalue weighted by atomic mass is 10.0. The summed E-state index contributed by atoms with van der Waals surface area (Å²) >= 11 is 6.37. The van der Waals surface area contributed by atoms with Crippen LogP contribution in [0.1, 0.15) is 18.4 Å². The number of benzene rings is 1. The lowest BCUT2D eigenvalue weighted by molar-refractivity contribution is -0.112. The molecular formula is C19H17ClN2O4. The van der Waals surface area contributed by atoms with E-state index in [0.717, 1.165) is 5.76 Å². The number of aromatic nitrogens is 2. The lowest BCUT2D eigenvalue weighted by Crippen LogP contribution is -1.99. The van der Waals surface area contributed by atoms with E-state index < -0.39 is 0 Å². The summed E-state index contributed by atoms with van der Waals surface area (Å²) in [6.45, 7) is 3.30. The van der Waals surface area contributed by atoms with Crippen LogP contribution in [0.2, 0.25) is 5.02 Å². The molecule has 6 nitrogen and oxygen atoms in total. The molecule has 0 saturated heterocycles. The van der Waals surface area contributed by atoms with Crippen LogP contribution < -0.4 is 9.47 Å². The second-order valence-electron chi connectivity index (χ2n) is 5.63. The summed E-state index contributed by atoms with van der Waals surface area (Å²) in [5.74, 6) is 2.11. The van der Waals surface area contributed by atoms with Gasteiger partial charge in [0.25, 0.3) is 0 Å². The second-order valence-corrected chi connectivity index (χ2v) is 6.04. The number of hydrogen-bond acceptors (Lipinski definition) is 6. The van der Waals surface area contributed by atoms with Crippen molar-refractivity contribution in [1.82, 2.24) is 10.2 Å². The molecule has 0 aliphatic rings. The van der Waals surface area contributed by atoms with Crippen LogP contribution >= 0.6 is 11.6 Å². The van der Waals surface area contributed by atoms with E-state index in [9.17, 15) is 4.79 Å². The van der Waals surface area contributed by atoms with E-state index in [1.165, 1.54) is 27.2 Å². The Balaban J connectivity index is 2.48. The molecule has 0 saturated carbocycles. The average Bonchev–Trinajstić information content (AvgIpc) is 3.05. The number of methoxy groups -OCH3 is 2. The molecule has 1 aromatic carbocycles. The number of hydrogen-bond donors (Lipinski definition) is 0. The smallest absolute Gasteiger partial charge is 0.171 e. The molecule has 0 atom stereocenters. The van der Waals surface area contributed by atoms with Crippen LogP contribution in [-0.2, 0) is 4.79 Å². The van der Waals surface area contributed by atoms with E-state index >= 15 is 0 Å². The number of allylic oxidation sites excluding steroid dienone is 1. The number of fused-ring (bicyclic) bond motifs is 1. The molecule has 0 aliphatic heterocycles. The maximum Gasteiger partial charge on any atom is 0.171 e.